The molecule has 4 rings (SSSR count). The molecule has 1 aliphatic rings. The fourth-order valence-electron chi connectivity index (χ4n) is 3.52. The van der Waals surface area contributed by atoms with Crippen molar-refractivity contribution in [3.05, 3.63) is 58.0 Å². The first kappa shape index (κ1) is 20.2. The SMILES string of the molecule is Cc1nnn(Cc2cc(Cl)ccc2C=CC(=O)N2CCC(c3noc(C)n3)CC2)n1. The van der Waals surface area contributed by atoms with Crippen LogP contribution in [0, 0.1) is 13.8 Å². The number of hydrogen-bond donors (Lipinski definition) is 0. The van der Waals surface area contributed by atoms with Crippen LogP contribution in [0.5, 0.6) is 0 Å². The Bertz CT molecular complexity index is 1070. The highest BCUT2D eigenvalue weighted by Crippen LogP contribution is 2.26. The molecule has 156 valence electrons. The number of rotatable bonds is 5. The molecule has 0 unspecified atom stereocenters. The number of halogens is 1. The van der Waals surface area contributed by atoms with Crippen molar-refractivity contribution in [1.82, 2.24) is 35.2 Å². The Kier molecular flexibility index (Phi) is 5.89. The van der Waals surface area contributed by atoms with Gasteiger partial charge in [0.05, 0.1) is 6.54 Å². The van der Waals surface area contributed by atoms with Crippen LogP contribution in [0.4, 0.5) is 0 Å². The van der Waals surface area contributed by atoms with Crippen molar-refractivity contribution in [2.45, 2.75) is 39.2 Å². The van der Waals surface area contributed by atoms with Crippen LogP contribution in [0.1, 0.15) is 47.4 Å². The highest BCUT2D eigenvalue weighted by Gasteiger charge is 2.25. The summed E-state index contributed by atoms with van der Waals surface area (Å²) in [5, 5.41) is 16.7. The Morgan fingerprint density at radius 3 is 2.77 bits per heavy atom. The lowest BCUT2D eigenvalue weighted by Gasteiger charge is -2.29. The summed E-state index contributed by atoms with van der Waals surface area (Å²) in [5.74, 6) is 2.12. The van der Waals surface area contributed by atoms with Crippen molar-refractivity contribution in [1.29, 1.82) is 0 Å². The molecule has 3 aromatic rings. The average molecular weight is 428 g/mol. The number of carbonyl (C=O) groups excluding carboxylic acids is 1. The number of amides is 1. The maximum Gasteiger partial charge on any atom is 0.246 e. The third kappa shape index (κ3) is 4.73. The fourth-order valence-corrected chi connectivity index (χ4v) is 3.72. The second-order valence-corrected chi connectivity index (χ2v) is 7.75. The van der Waals surface area contributed by atoms with Crippen LogP contribution in [0.2, 0.25) is 5.02 Å². The average Bonchev–Trinajstić information content (AvgIpc) is 3.35. The number of benzene rings is 1. The molecule has 30 heavy (non-hydrogen) atoms. The summed E-state index contributed by atoms with van der Waals surface area (Å²) in [7, 11) is 0. The Balaban J connectivity index is 1.40. The molecule has 0 spiro atoms. The second kappa shape index (κ2) is 8.74. The van der Waals surface area contributed by atoms with Gasteiger partial charge in [0.25, 0.3) is 0 Å². The van der Waals surface area contributed by atoms with E-state index in [0.29, 0.717) is 36.4 Å². The summed E-state index contributed by atoms with van der Waals surface area (Å²) in [6.45, 7) is 5.31. The van der Waals surface area contributed by atoms with E-state index >= 15 is 0 Å². The lowest BCUT2D eigenvalue weighted by molar-refractivity contribution is -0.127. The van der Waals surface area contributed by atoms with Gasteiger partial charge in [0.2, 0.25) is 11.8 Å². The van der Waals surface area contributed by atoms with Crippen LogP contribution in [0.15, 0.2) is 28.8 Å². The minimum Gasteiger partial charge on any atom is -0.340 e. The molecule has 1 fully saturated rings. The second-order valence-electron chi connectivity index (χ2n) is 7.31. The highest BCUT2D eigenvalue weighted by molar-refractivity contribution is 6.30. The first-order chi connectivity index (χ1) is 14.5. The lowest BCUT2D eigenvalue weighted by atomic mass is 9.96. The lowest BCUT2D eigenvalue weighted by Crippen LogP contribution is -2.37. The molecule has 1 aliphatic heterocycles. The van der Waals surface area contributed by atoms with E-state index in [2.05, 4.69) is 25.6 Å². The molecule has 1 aromatic carbocycles. The largest absolute Gasteiger partial charge is 0.340 e. The normalized spacial score (nSPS) is 15.2. The molecule has 10 heteroatoms. The number of tetrazole rings is 1. The predicted octanol–water partition coefficient (Wildman–Crippen LogP) is 2.79. The smallest absolute Gasteiger partial charge is 0.246 e. The molecule has 0 radical (unpaired) electrons. The van der Waals surface area contributed by atoms with Crippen molar-refractivity contribution < 1.29 is 9.32 Å². The van der Waals surface area contributed by atoms with Gasteiger partial charge in [-0.15, -0.1) is 10.2 Å². The third-order valence-corrected chi connectivity index (χ3v) is 5.33. The van der Waals surface area contributed by atoms with Gasteiger partial charge in [0, 0.05) is 37.0 Å². The van der Waals surface area contributed by atoms with Crippen LogP contribution >= 0.6 is 11.6 Å². The Labute approximate surface area is 178 Å². The van der Waals surface area contributed by atoms with Crippen LogP contribution in [0.25, 0.3) is 6.08 Å². The number of piperidine rings is 1. The first-order valence-electron chi connectivity index (χ1n) is 9.78. The van der Waals surface area contributed by atoms with E-state index in [0.717, 1.165) is 29.8 Å². The van der Waals surface area contributed by atoms with Gasteiger partial charge < -0.3 is 9.42 Å². The molecule has 9 nitrogen and oxygen atoms in total. The third-order valence-electron chi connectivity index (χ3n) is 5.09. The zero-order chi connectivity index (χ0) is 21.1. The summed E-state index contributed by atoms with van der Waals surface area (Å²) >= 11 is 6.16. The van der Waals surface area contributed by atoms with Crippen molar-refractivity contribution >= 4 is 23.6 Å². The standard InChI is InChI=1S/C20H22ClN7O2/c1-13-23-26-28(24-13)12-17-11-18(21)5-3-15(17)4-6-19(29)27-9-7-16(8-10-27)20-22-14(2)30-25-20/h3-6,11,16H,7-10,12H2,1-2H3. The Morgan fingerprint density at radius 2 is 2.10 bits per heavy atom. The molecule has 3 heterocycles. The monoisotopic (exact) mass is 427 g/mol. The van der Waals surface area contributed by atoms with Gasteiger partial charge in [0.1, 0.15) is 0 Å². The first-order valence-corrected chi connectivity index (χ1v) is 10.2. The van der Waals surface area contributed by atoms with Crippen molar-refractivity contribution in [2.24, 2.45) is 0 Å². The van der Waals surface area contributed by atoms with E-state index in [1.807, 2.05) is 23.1 Å². The van der Waals surface area contributed by atoms with E-state index in [1.54, 1.807) is 26.0 Å². The fraction of sp³-hybridized carbons (Fsp3) is 0.400. The number of likely N-dealkylation sites (tertiary alicyclic amines) is 1. The van der Waals surface area contributed by atoms with Crippen LogP contribution < -0.4 is 0 Å². The van der Waals surface area contributed by atoms with E-state index < -0.39 is 0 Å². The number of aryl methyl sites for hydroxylation is 2. The number of aromatic nitrogens is 6. The summed E-state index contributed by atoms with van der Waals surface area (Å²) in [5.41, 5.74) is 1.80. The van der Waals surface area contributed by atoms with E-state index in [4.69, 9.17) is 16.1 Å². The van der Waals surface area contributed by atoms with Crippen LogP contribution in [-0.4, -0.2) is 54.2 Å². The number of hydrogen-bond acceptors (Lipinski definition) is 7. The molecule has 0 atom stereocenters. The van der Waals surface area contributed by atoms with Gasteiger partial charge in [-0.25, -0.2) is 0 Å². The van der Waals surface area contributed by atoms with Crippen LogP contribution in [-0.2, 0) is 11.3 Å². The summed E-state index contributed by atoms with van der Waals surface area (Å²) in [6.07, 6.45) is 5.06. The molecule has 2 aromatic heterocycles. The summed E-state index contributed by atoms with van der Waals surface area (Å²) < 4.78 is 5.07. The van der Waals surface area contributed by atoms with E-state index in [-0.39, 0.29) is 11.8 Å². The molecule has 0 N–H and O–H groups in total. The van der Waals surface area contributed by atoms with Crippen LogP contribution in [0.3, 0.4) is 0 Å². The zero-order valence-electron chi connectivity index (χ0n) is 16.8. The molecule has 0 bridgehead atoms. The topological polar surface area (TPSA) is 103 Å². The van der Waals surface area contributed by atoms with Gasteiger partial charge in [-0.2, -0.15) is 9.78 Å². The van der Waals surface area contributed by atoms with Gasteiger partial charge in [-0.3, -0.25) is 4.79 Å². The number of nitrogens with zero attached hydrogens (tertiary/aromatic N) is 7. The van der Waals surface area contributed by atoms with Crippen molar-refractivity contribution in [3.63, 3.8) is 0 Å². The molecule has 1 saturated heterocycles. The quantitative estimate of drug-likeness (QED) is 0.576. The molecular weight excluding hydrogens is 406 g/mol. The predicted molar refractivity (Wildman–Crippen MR) is 110 cm³/mol. The van der Waals surface area contributed by atoms with E-state index in [9.17, 15) is 4.79 Å². The van der Waals surface area contributed by atoms with Gasteiger partial charge in [-0.1, -0.05) is 22.8 Å². The molecule has 0 saturated carbocycles. The zero-order valence-corrected chi connectivity index (χ0v) is 17.6. The van der Waals surface area contributed by atoms with Gasteiger partial charge in [-0.05, 0) is 54.3 Å². The molecule has 1 amide bonds. The van der Waals surface area contributed by atoms with Gasteiger partial charge >= 0.3 is 0 Å². The maximum atomic E-state index is 12.7. The Hall–Kier alpha value is -3.07. The molecule has 0 aliphatic carbocycles. The summed E-state index contributed by atoms with van der Waals surface area (Å²) in [4.78, 5) is 20.3. The summed E-state index contributed by atoms with van der Waals surface area (Å²) in [6, 6.07) is 5.53. The van der Waals surface area contributed by atoms with Crippen molar-refractivity contribution in [2.75, 3.05) is 13.1 Å². The highest BCUT2D eigenvalue weighted by atomic mass is 35.5. The molecular formula is C20H22ClN7O2. The van der Waals surface area contributed by atoms with E-state index in [1.165, 1.54) is 4.80 Å². The van der Waals surface area contributed by atoms with Crippen molar-refractivity contribution in [3.8, 4) is 0 Å². The van der Waals surface area contributed by atoms with Gasteiger partial charge in [0.15, 0.2) is 11.6 Å². The minimum absolute atomic E-state index is 0.0200. The Morgan fingerprint density at radius 1 is 1.30 bits per heavy atom. The maximum absolute atomic E-state index is 12.7. The number of carbonyl (C=O) groups is 1. The minimum atomic E-state index is -0.0200.